The summed E-state index contributed by atoms with van der Waals surface area (Å²) < 4.78 is 2.12. The van der Waals surface area contributed by atoms with Crippen LogP contribution >= 0.6 is 0 Å². The van der Waals surface area contributed by atoms with Gasteiger partial charge in [-0.25, -0.2) is 4.98 Å². The zero-order chi connectivity index (χ0) is 9.97. The maximum atomic E-state index is 5.49. The van der Waals surface area contributed by atoms with E-state index in [2.05, 4.69) is 15.5 Å². The van der Waals surface area contributed by atoms with E-state index in [4.69, 9.17) is 5.73 Å². The lowest BCUT2D eigenvalue weighted by atomic mass is 10.2. The minimum absolute atomic E-state index is 0.727. The van der Waals surface area contributed by atoms with E-state index in [1.165, 1.54) is 5.52 Å². The number of aryl methyl sites for hydroxylation is 2. The maximum absolute atomic E-state index is 5.49. The average Bonchev–Trinajstić information content (AvgIpc) is 2.54. The molecule has 0 spiro atoms. The highest BCUT2D eigenvalue weighted by Gasteiger charge is 2.05. The molecule has 0 radical (unpaired) electrons. The van der Waals surface area contributed by atoms with Gasteiger partial charge >= 0.3 is 0 Å². The van der Waals surface area contributed by atoms with Crippen molar-refractivity contribution >= 4 is 5.52 Å². The summed E-state index contributed by atoms with van der Waals surface area (Å²) in [6.45, 7) is 2.75. The van der Waals surface area contributed by atoms with Gasteiger partial charge < -0.3 is 10.1 Å². The minimum atomic E-state index is 0.727. The van der Waals surface area contributed by atoms with Crippen LogP contribution < -0.4 is 5.73 Å². The number of pyridine rings is 1. The predicted molar refractivity (Wildman–Crippen MR) is 57.3 cm³/mol. The molecule has 0 atom stereocenters. The lowest BCUT2D eigenvalue weighted by Gasteiger charge is -1.96. The van der Waals surface area contributed by atoms with E-state index in [1.807, 2.05) is 25.3 Å². The molecule has 0 unspecified atom stereocenters. The van der Waals surface area contributed by atoms with Crippen molar-refractivity contribution in [1.29, 1.82) is 0 Å². The zero-order valence-electron chi connectivity index (χ0n) is 8.40. The van der Waals surface area contributed by atoms with Gasteiger partial charge in [0.05, 0.1) is 11.2 Å². The van der Waals surface area contributed by atoms with E-state index in [0.717, 1.165) is 30.9 Å². The van der Waals surface area contributed by atoms with Gasteiger partial charge in [0, 0.05) is 6.20 Å². The molecule has 14 heavy (non-hydrogen) atoms. The molecular weight excluding hydrogens is 174 g/mol. The van der Waals surface area contributed by atoms with Crippen molar-refractivity contribution in [3.63, 3.8) is 0 Å². The summed E-state index contributed by atoms with van der Waals surface area (Å²) in [7, 11) is 0. The number of rotatable bonds is 3. The van der Waals surface area contributed by atoms with Crippen molar-refractivity contribution in [3.05, 3.63) is 35.9 Å². The third-order valence-electron chi connectivity index (χ3n) is 2.42. The third-order valence-corrected chi connectivity index (χ3v) is 2.42. The fourth-order valence-electron chi connectivity index (χ4n) is 1.72. The molecule has 0 aliphatic carbocycles. The molecule has 0 bridgehead atoms. The molecular formula is C11H15N3. The van der Waals surface area contributed by atoms with Gasteiger partial charge in [-0.05, 0) is 38.4 Å². The number of fused-ring (bicyclic) bond motifs is 1. The van der Waals surface area contributed by atoms with E-state index in [1.54, 1.807) is 0 Å². The molecule has 0 fully saturated rings. The molecule has 0 saturated carbocycles. The number of hydrogen-bond donors (Lipinski definition) is 1. The first kappa shape index (κ1) is 9.21. The molecule has 3 heteroatoms. The summed E-state index contributed by atoms with van der Waals surface area (Å²) in [5.41, 5.74) is 7.86. The van der Waals surface area contributed by atoms with Gasteiger partial charge in [0.15, 0.2) is 0 Å². The van der Waals surface area contributed by atoms with Gasteiger partial charge in [0.1, 0.15) is 5.82 Å². The molecule has 0 aromatic carbocycles. The number of nitrogens with zero attached hydrogens (tertiary/aromatic N) is 2. The van der Waals surface area contributed by atoms with Crippen LogP contribution in [0.5, 0.6) is 0 Å². The Morgan fingerprint density at radius 1 is 1.43 bits per heavy atom. The van der Waals surface area contributed by atoms with Crippen molar-refractivity contribution in [1.82, 2.24) is 9.38 Å². The fourth-order valence-corrected chi connectivity index (χ4v) is 1.72. The number of imidazole rings is 1. The smallest absolute Gasteiger partial charge is 0.110 e. The second-order valence-electron chi connectivity index (χ2n) is 3.45. The number of hydrogen-bond acceptors (Lipinski definition) is 2. The fraction of sp³-hybridized carbons (Fsp3) is 0.364. The third kappa shape index (κ3) is 1.51. The first-order valence-corrected chi connectivity index (χ1v) is 4.95. The van der Waals surface area contributed by atoms with Crippen molar-refractivity contribution in [3.8, 4) is 0 Å². The standard InChI is InChI=1S/C11H15N3/c1-9-13-10(5-4-7-12)11-6-2-3-8-14(9)11/h2-3,6,8H,4-5,7,12H2,1H3. The van der Waals surface area contributed by atoms with Gasteiger partial charge in [-0.1, -0.05) is 6.07 Å². The molecule has 0 aliphatic heterocycles. The molecule has 2 heterocycles. The molecule has 2 rings (SSSR count). The Balaban J connectivity index is 2.44. The van der Waals surface area contributed by atoms with Crippen LogP contribution in [-0.2, 0) is 6.42 Å². The van der Waals surface area contributed by atoms with Crippen LogP contribution in [0.4, 0.5) is 0 Å². The van der Waals surface area contributed by atoms with E-state index in [9.17, 15) is 0 Å². The van der Waals surface area contributed by atoms with E-state index >= 15 is 0 Å². The average molecular weight is 189 g/mol. The van der Waals surface area contributed by atoms with Gasteiger partial charge in [0.2, 0.25) is 0 Å². The Bertz CT molecular complexity index is 431. The highest BCUT2D eigenvalue weighted by Crippen LogP contribution is 2.13. The highest BCUT2D eigenvalue weighted by molar-refractivity contribution is 5.53. The molecule has 0 amide bonds. The Labute approximate surface area is 83.6 Å². The summed E-state index contributed by atoms with van der Waals surface area (Å²) >= 11 is 0. The first-order chi connectivity index (χ1) is 6.83. The van der Waals surface area contributed by atoms with E-state index in [0.29, 0.717) is 0 Å². The van der Waals surface area contributed by atoms with Crippen LogP contribution in [0.1, 0.15) is 17.9 Å². The molecule has 2 N–H and O–H groups in total. The van der Waals surface area contributed by atoms with Crippen molar-refractivity contribution < 1.29 is 0 Å². The second-order valence-corrected chi connectivity index (χ2v) is 3.45. The Kier molecular flexibility index (Phi) is 2.50. The van der Waals surface area contributed by atoms with Crippen LogP contribution in [0, 0.1) is 6.92 Å². The Morgan fingerprint density at radius 2 is 2.29 bits per heavy atom. The summed E-state index contributed by atoms with van der Waals surface area (Å²) in [6.07, 6.45) is 4.02. The van der Waals surface area contributed by atoms with Crippen LogP contribution in [-0.4, -0.2) is 15.9 Å². The largest absolute Gasteiger partial charge is 0.330 e. The quantitative estimate of drug-likeness (QED) is 0.795. The summed E-state index contributed by atoms with van der Waals surface area (Å²) in [4.78, 5) is 4.53. The maximum Gasteiger partial charge on any atom is 0.110 e. The topological polar surface area (TPSA) is 43.3 Å². The second kappa shape index (κ2) is 3.80. The normalized spacial score (nSPS) is 11.0. The van der Waals surface area contributed by atoms with E-state index in [-0.39, 0.29) is 0 Å². The number of nitrogens with two attached hydrogens (primary N) is 1. The van der Waals surface area contributed by atoms with Crippen molar-refractivity contribution in [2.75, 3.05) is 6.54 Å². The highest BCUT2D eigenvalue weighted by atomic mass is 15.0. The lowest BCUT2D eigenvalue weighted by molar-refractivity contribution is 0.818. The molecule has 2 aromatic heterocycles. The van der Waals surface area contributed by atoms with Gasteiger partial charge in [0.25, 0.3) is 0 Å². The van der Waals surface area contributed by atoms with Crippen LogP contribution in [0.2, 0.25) is 0 Å². The Hall–Kier alpha value is -1.35. The molecule has 0 aliphatic rings. The monoisotopic (exact) mass is 189 g/mol. The summed E-state index contributed by atoms with van der Waals surface area (Å²) in [6, 6.07) is 6.17. The molecule has 0 saturated heterocycles. The van der Waals surface area contributed by atoms with Gasteiger partial charge in [-0.15, -0.1) is 0 Å². The Morgan fingerprint density at radius 3 is 3.07 bits per heavy atom. The van der Waals surface area contributed by atoms with Crippen molar-refractivity contribution in [2.24, 2.45) is 5.73 Å². The molecule has 2 aromatic rings. The SMILES string of the molecule is Cc1nc(CCCN)c2ccccn12. The van der Waals surface area contributed by atoms with Gasteiger partial charge in [-0.2, -0.15) is 0 Å². The summed E-state index contributed by atoms with van der Waals surface area (Å²) in [5.74, 6) is 1.05. The minimum Gasteiger partial charge on any atom is -0.330 e. The molecule has 74 valence electrons. The zero-order valence-corrected chi connectivity index (χ0v) is 8.40. The lowest BCUT2D eigenvalue weighted by Crippen LogP contribution is -2.00. The summed E-state index contributed by atoms with van der Waals surface area (Å²) in [5, 5.41) is 0. The number of aromatic nitrogens is 2. The first-order valence-electron chi connectivity index (χ1n) is 4.95. The van der Waals surface area contributed by atoms with Gasteiger partial charge in [-0.3, -0.25) is 0 Å². The van der Waals surface area contributed by atoms with Crippen molar-refractivity contribution in [2.45, 2.75) is 19.8 Å². The van der Waals surface area contributed by atoms with Crippen LogP contribution in [0.15, 0.2) is 24.4 Å². The van der Waals surface area contributed by atoms with Crippen LogP contribution in [0.25, 0.3) is 5.52 Å². The van der Waals surface area contributed by atoms with Crippen LogP contribution in [0.3, 0.4) is 0 Å². The van der Waals surface area contributed by atoms with E-state index < -0.39 is 0 Å². The predicted octanol–water partition coefficient (Wildman–Crippen LogP) is 1.53. The molecule has 3 nitrogen and oxygen atoms in total.